The summed E-state index contributed by atoms with van der Waals surface area (Å²) in [4.78, 5) is 11.9. The highest BCUT2D eigenvalue weighted by Gasteiger charge is 2.20. The van der Waals surface area contributed by atoms with Crippen molar-refractivity contribution in [3.05, 3.63) is 21.9 Å². The number of aryl methyl sites for hydroxylation is 1. The summed E-state index contributed by atoms with van der Waals surface area (Å²) in [6.45, 7) is 6.20. The maximum absolute atomic E-state index is 13.0. The molecule has 0 fully saturated rings. The van der Waals surface area contributed by atoms with Crippen molar-refractivity contribution in [2.24, 2.45) is 5.92 Å². The summed E-state index contributed by atoms with van der Waals surface area (Å²) in [6, 6.07) is 0. The summed E-state index contributed by atoms with van der Waals surface area (Å²) in [5.74, 6) is -0.152. The van der Waals surface area contributed by atoms with E-state index in [-0.39, 0.29) is 18.0 Å². The lowest BCUT2D eigenvalue weighted by Gasteiger charge is -2.03. The number of amides is 1. The predicted molar refractivity (Wildman–Crippen MR) is 79.0 cm³/mol. The Balaban J connectivity index is 2.10. The van der Waals surface area contributed by atoms with Crippen LogP contribution in [0.25, 0.3) is 0 Å². The van der Waals surface area contributed by atoms with Crippen LogP contribution in [0.4, 0.5) is 14.5 Å². The molecule has 2 aromatic rings. The largest absolute Gasteiger partial charge is 0.323 e. The Morgan fingerprint density at radius 3 is 2.68 bits per heavy atom. The third-order valence-corrected chi connectivity index (χ3v) is 3.54. The molecule has 0 saturated carbocycles. The summed E-state index contributed by atoms with van der Waals surface area (Å²) in [6.07, 6.45) is -1.30. The molecule has 22 heavy (non-hydrogen) atoms. The lowest BCUT2D eigenvalue weighted by atomic mass is 10.2. The van der Waals surface area contributed by atoms with Crippen molar-refractivity contribution in [3.63, 3.8) is 0 Å². The average molecular weight is 329 g/mol. The van der Waals surface area contributed by atoms with Crippen molar-refractivity contribution in [1.29, 1.82) is 0 Å². The van der Waals surface area contributed by atoms with Crippen molar-refractivity contribution < 1.29 is 13.6 Å². The molecule has 0 spiro atoms. The van der Waals surface area contributed by atoms with Crippen LogP contribution in [0, 0.1) is 12.8 Å². The fraction of sp³-hybridized carbons (Fsp3) is 0.538. The molecule has 0 atom stereocenters. The topological polar surface area (TPSA) is 72.7 Å². The molecule has 120 valence electrons. The number of rotatable bonds is 6. The van der Waals surface area contributed by atoms with Gasteiger partial charge in [0.25, 0.3) is 6.43 Å². The number of anilines is 1. The first-order chi connectivity index (χ1) is 10.3. The van der Waals surface area contributed by atoms with E-state index in [9.17, 15) is 13.6 Å². The molecule has 6 nitrogen and oxygen atoms in total. The van der Waals surface area contributed by atoms with E-state index in [1.807, 2.05) is 13.8 Å². The number of alkyl halides is 2. The van der Waals surface area contributed by atoms with Crippen molar-refractivity contribution in [2.75, 3.05) is 5.32 Å². The zero-order valence-electron chi connectivity index (χ0n) is 12.5. The normalized spacial score (nSPS) is 11.4. The Morgan fingerprint density at radius 2 is 2.14 bits per heavy atom. The summed E-state index contributed by atoms with van der Waals surface area (Å²) in [5.41, 5.74) is -0.371. The molecule has 1 amide bonds. The van der Waals surface area contributed by atoms with E-state index in [2.05, 4.69) is 20.6 Å². The summed E-state index contributed by atoms with van der Waals surface area (Å²) in [5, 5.41) is 15.3. The van der Waals surface area contributed by atoms with Gasteiger partial charge in [-0.15, -0.1) is 21.5 Å². The van der Waals surface area contributed by atoms with Crippen LogP contribution in [0.3, 0.4) is 0 Å². The molecule has 2 rings (SSSR count). The van der Waals surface area contributed by atoms with Gasteiger partial charge in [-0.25, -0.2) is 8.78 Å². The Bertz CT molecular complexity index is 653. The van der Waals surface area contributed by atoms with Gasteiger partial charge in [0.1, 0.15) is 10.0 Å². The number of carbonyl (C=O) groups excluding carboxylic acids is 1. The van der Waals surface area contributed by atoms with Crippen molar-refractivity contribution in [1.82, 2.24) is 20.0 Å². The van der Waals surface area contributed by atoms with Gasteiger partial charge in [-0.1, -0.05) is 13.8 Å². The Morgan fingerprint density at radius 1 is 1.41 bits per heavy atom. The van der Waals surface area contributed by atoms with Crippen LogP contribution < -0.4 is 5.32 Å². The highest BCUT2D eigenvalue weighted by molar-refractivity contribution is 7.11. The SMILES string of the molecule is Cc1nnc(CC(=O)Nc2cn(CC(C)C)nc2C(F)F)s1. The van der Waals surface area contributed by atoms with E-state index in [0.717, 1.165) is 5.01 Å². The first kappa shape index (κ1) is 16.5. The van der Waals surface area contributed by atoms with E-state index in [1.165, 1.54) is 22.2 Å². The molecule has 2 heterocycles. The molecule has 0 aromatic carbocycles. The molecule has 0 aliphatic carbocycles. The zero-order chi connectivity index (χ0) is 16.3. The van der Waals surface area contributed by atoms with E-state index < -0.39 is 18.0 Å². The lowest BCUT2D eigenvalue weighted by Crippen LogP contribution is -2.15. The minimum atomic E-state index is -2.74. The van der Waals surface area contributed by atoms with Gasteiger partial charge in [-0.2, -0.15) is 5.10 Å². The third kappa shape index (κ3) is 4.30. The Kier molecular flexibility index (Phi) is 5.17. The fourth-order valence-electron chi connectivity index (χ4n) is 1.90. The quantitative estimate of drug-likeness (QED) is 0.884. The van der Waals surface area contributed by atoms with Crippen LogP contribution in [0.5, 0.6) is 0 Å². The maximum Gasteiger partial charge on any atom is 0.284 e. The Hall–Kier alpha value is -1.90. The smallest absolute Gasteiger partial charge is 0.284 e. The number of nitrogens with one attached hydrogen (secondary N) is 1. The molecular formula is C13H17F2N5OS. The number of hydrogen-bond donors (Lipinski definition) is 1. The first-order valence-electron chi connectivity index (χ1n) is 6.79. The van der Waals surface area contributed by atoms with Crippen LogP contribution in [0.15, 0.2) is 6.20 Å². The van der Waals surface area contributed by atoms with Crippen molar-refractivity contribution in [3.8, 4) is 0 Å². The van der Waals surface area contributed by atoms with Gasteiger partial charge in [-0.05, 0) is 12.8 Å². The van der Waals surface area contributed by atoms with E-state index in [0.29, 0.717) is 11.6 Å². The van der Waals surface area contributed by atoms with Gasteiger partial charge in [0.2, 0.25) is 5.91 Å². The predicted octanol–water partition coefficient (Wildman–Crippen LogP) is 2.82. The summed E-state index contributed by atoms with van der Waals surface area (Å²) in [7, 11) is 0. The van der Waals surface area contributed by atoms with Crippen LogP contribution in [-0.2, 0) is 17.8 Å². The van der Waals surface area contributed by atoms with Crippen LogP contribution in [0.2, 0.25) is 0 Å². The molecule has 1 N–H and O–H groups in total. The van der Waals surface area contributed by atoms with Gasteiger partial charge in [0.05, 0.1) is 12.1 Å². The van der Waals surface area contributed by atoms with Crippen molar-refractivity contribution in [2.45, 2.75) is 40.2 Å². The van der Waals surface area contributed by atoms with Gasteiger partial charge in [0, 0.05) is 12.7 Å². The minimum absolute atomic E-state index is 0.00352. The van der Waals surface area contributed by atoms with E-state index in [4.69, 9.17) is 0 Å². The lowest BCUT2D eigenvalue weighted by molar-refractivity contribution is -0.115. The van der Waals surface area contributed by atoms with Crippen LogP contribution >= 0.6 is 11.3 Å². The van der Waals surface area contributed by atoms with Gasteiger partial charge in [0.15, 0.2) is 5.69 Å². The molecule has 9 heteroatoms. The number of aromatic nitrogens is 4. The second-order valence-corrected chi connectivity index (χ2v) is 6.55. The highest BCUT2D eigenvalue weighted by Crippen LogP contribution is 2.26. The number of hydrogen-bond acceptors (Lipinski definition) is 5. The average Bonchev–Trinajstić information content (AvgIpc) is 2.95. The van der Waals surface area contributed by atoms with Gasteiger partial charge in [-0.3, -0.25) is 9.48 Å². The van der Waals surface area contributed by atoms with Crippen LogP contribution in [0.1, 0.15) is 36.0 Å². The molecule has 0 bridgehead atoms. The Labute approximate surface area is 130 Å². The highest BCUT2D eigenvalue weighted by atomic mass is 32.1. The molecular weight excluding hydrogens is 312 g/mol. The zero-order valence-corrected chi connectivity index (χ0v) is 13.3. The number of carbonyl (C=O) groups is 1. The molecule has 0 unspecified atom stereocenters. The van der Waals surface area contributed by atoms with Crippen LogP contribution in [-0.4, -0.2) is 25.9 Å². The fourth-order valence-corrected chi connectivity index (χ4v) is 2.61. The molecule has 0 aliphatic heterocycles. The van der Waals surface area contributed by atoms with E-state index >= 15 is 0 Å². The number of halogens is 2. The molecule has 0 aliphatic rings. The summed E-state index contributed by atoms with van der Waals surface area (Å²) < 4.78 is 27.5. The molecule has 0 radical (unpaired) electrons. The van der Waals surface area contributed by atoms with Gasteiger partial charge < -0.3 is 5.32 Å². The third-order valence-electron chi connectivity index (χ3n) is 2.70. The number of nitrogens with zero attached hydrogens (tertiary/aromatic N) is 4. The minimum Gasteiger partial charge on any atom is -0.323 e. The van der Waals surface area contributed by atoms with Gasteiger partial charge >= 0.3 is 0 Å². The van der Waals surface area contributed by atoms with Crippen molar-refractivity contribution >= 4 is 22.9 Å². The maximum atomic E-state index is 13.0. The molecule has 0 saturated heterocycles. The standard InChI is InChI=1S/C13H17F2N5OS/c1-7(2)5-20-6-9(12(19-20)13(14)15)16-10(21)4-11-18-17-8(3)22-11/h6-7,13H,4-5H2,1-3H3,(H,16,21). The second-order valence-electron chi connectivity index (χ2n) is 5.28. The first-order valence-corrected chi connectivity index (χ1v) is 7.61. The molecule has 2 aromatic heterocycles. The second kappa shape index (κ2) is 6.91. The monoisotopic (exact) mass is 329 g/mol. The summed E-state index contributed by atoms with van der Waals surface area (Å²) >= 11 is 1.30. The van der Waals surface area contributed by atoms with E-state index in [1.54, 1.807) is 6.92 Å².